The summed E-state index contributed by atoms with van der Waals surface area (Å²) >= 11 is 0. The second kappa shape index (κ2) is 12.6. The molecular formula is C16H27FO. The third-order valence-corrected chi connectivity index (χ3v) is 2.98. The molecule has 0 amide bonds. The first-order valence-corrected chi connectivity index (χ1v) is 7.02. The lowest BCUT2D eigenvalue weighted by atomic mass is 10.0. The molecule has 0 heterocycles. The molecule has 0 saturated heterocycles. The molecule has 18 heavy (non-hydrogen) atoms. The Balaban J connectivity index is 0.00000137. The van der Waals surface area contributed by atoms with Gasteiger partial charge in [-0.25, -0.2) is 4.39 Å². The molecule has 0 atom stereocenters. The van der Waals surface area contributed by atoms with Gasteiger partial charge in [0.25, 0.3) is 0 Å². The minimum atomic E-state index is -0.136. The van der Waals surface area contributed by atoms with Crippen molar-refractivity contribution in [3.05, 3.63) is 35.6 Å². The third kappa shape index (κ3) is 9.17. The van der Waals surface area contributed by atoms with Crippen LogP contribution < -0.4 is 0 Å². The van der Waals surface area contributed by atoms with Gasteiger partial charge in [-0.15, -0.1) is 0 Å². The van der Waals surface area contributed by atoms with Crippen molar-refractivity contribution in [2.24, 2.45) is 0 Å². The van der Waals surface area contributed by atoms with E-state index >= 15 is 0 Å². The lowest BCUT2D eigenvalue weighted by Gasteiger charge is -2.02. The Morgan fingerprint density at radius 3 is 1.89 bits per heavy atom. The largest absolute Gasteiger partial charge is 0.400 e. The number of aliphatic hydroxyl groups excluding tert-OH is 1. The fourth-order valence-electron chi connectivity index (χ4n) is 1.94. The van der Waals surface area contributed by atoms with Crippen LogP contribution in [0.3, 0.4) is 0 Å². The average Bonchev–Trinajstić information content (AvgIpc) is 2.42. The predicted molar refractivity (Wildman–Crippen MR) is 76.2 cm³/mol. The highest BCUT2D eigenvalue weighted by Gasteiger charge is 1.95. The molecule has 1 N–H and O–H groups in total. The molecule has 1 rings (SSSR count). The summed E-state index contributed by atoms with van der Waals surface area (Å²) in [7, 11) is 1.00. The predicted octanol–water partition coefficient (Wildman–Crippen LogP) is 4.73. The van der Waals surface area contributed by atoms with E-state index in [0.29, 0.717) is 0 Å². The van der Waals surface area contributed by atoms with E-state index in [4.69, 9.17) is 5.11 Å². The van der Waals surface area contributed by atoms with E-state index in [1.807, 2.05) is 12.1 Å². The Bertz CT molecular complexity index is 269. The van der Waals surface area contributed by atoms with Crippen LogP contribution in [-0.4, -0.2) is 12.2 Å². The Kier molecular flexibility index (Phi) is 11.9. The number of halogens is 1. The molecule has 0 radical (unpaired) electrons. The molecule has 0 spiro atoms. The number of benzene rings is 1. The number of unbranched alkanes of at least 4 members (excludes halogenated alkanes) is 6. The molecule has 0 aliphatic carbocycles. The van der Waals surface area contributed by atoms with Crippen LogP contribution in [0.2, 0.25) is 0 Å². The van der Waals surface area contributed by atoms with Gasteiger partial charge in [-0.1, -0.05) is 57.6 Å². The maximum atomic E-state index is 12.6. The highest BCUT2D eigenvalue weighted by atomic mass is 19.1. The fourth-order valence-corrected chi connectivity index (χ4v) is 1.94. The van der Waals surface area contributed by atoms with Crippen LogP contribution in [0.15, 0.2) is 24.3 Å². The summed E-state index contributed by atoms with van der Waals surface area (Å²) in [5.74, 6) is -0.136. The summed E-state index contributed by atoms with van der Waals surface area (Å²) in [6.07, 6.45) is 10.4. The number of aryl methyl sites for hydroxylation is 1. The summed E-state index contributed by atoms with van der Waals surface area (Å²) in [6, 6.07) is 6.89. The van der Waals surface area contributed by atoms with Crippen molar-refractivity contribution < 1.29 is 9.50 Å². The van der Waals surface area contributed by atoms with Gasteiger partial charge in [0, 0.05) is 7.11 Å². The van der Waals surface area contributed by atoms with Crippen molar-refractivity contribution in [1.29, 1.82) is 0 Å². The van der Waals surface area contributed by atoms with Crippen LogP contribution in [0.1, 0.15) is 57.4 Å². The number of aliphatic hydroxyl groups is 1. The Morgan fingerprint density at radius 2 is 1.33 bits per heavy atom. The minimum absolute atomic E-state index is 0.136. The Hall–Kier alpha value is -0.890. The van der Waals surface area contributed by atoms with Crippen molar-refractivity contribution in [3.63, 3.8) is 0 Å². The Labute approximate surface area is 111 Å². The van der Waals surface area contributed by atoms with Crippen molar-refractivity contribution in [2.75, 3.05) is 7.11 Å². The summed E-state index contributed by atoms with van der Waals surface area (Å²) in [6.45, 7) is 2.24. The molecule has 2 heteroatoms. The van der Waals surface area contributed by atoms with Gasteiger partial charge >= 0.3 is 0 Å². The van der Waals surface area contributed by atoms with Crippen LogP contribution in [-0.2, 0) is 6.42 Å². The van der Waals surface area contributed by atoms with Crippen molar-refractivity contribution in [2.45, 2.75) is 58.3 Å². The first-order valence-electron chi connectivity index (χ1n) is 7.02. The van der Waals surface area contributed by atoms with Crippen LogP contribution in [0.25, 0.3) is 0 Å². The highest BCUT2D eigenvalue weighted by molar-refractivity contribution is 5.15. The van der Waals surface area contributed by atoms with Gasteiger partial charge in [0.15, 0.2) is 0 Å². The van der Waals surface area contributed by atoms with Gasteiger partial charge in [-0.2, -0.15) is 0 Å². The van der Waals surface area contributed by atoms with Crippen LogP contribution in [0.4, 0.5) is 4.39 Å². The molecular weight excluding hydrogens is 227 g/mol. The highest BCUT2D eigenvalue weighted by Crippen LogP contribution is 2.11. The van der Waals surface area contributed by atoms with Gasteiger partial charge < -0.3 is 5.11 Å². The summed E-state index contributed by atoms with van der Waals surface area (Å²) in [4.78, 5) is 0. The van der Waals surface area contributed by atoms with E-state index in [0.717, 1.165) is 13.5 Å². The normalized spacial score (nSPS) is 9.78. The van der Waals surface area contributed by atoms with Crippen LogP contribution >= 0.6 is 0 Å². The third-order valence-electron chi connectivity index (χ3n) is 2.98. The molecule has 0 aliphatic rings. The maximum Gasteiger partial charge on any atom is 0.123 e. The lowest BCUT2D eigenvalue weighted by Crippen LogP contribution is -1.86. The average molecular weight is 254 g/mol. The van der Waals surface area contributed by atoms with Crippen molar-refractivity contribution >= 4 is 0 Å². The molecule has 1 nitrogen and oxygen atoms in total. The van der Waals surface area contributed by atoms with E-state index in [-0.39, 0.29) is 5.82 Å². The second-order valence-electron chi connectivity index (χ2n) is 4.50. The molecule has 104 valence electrons. The van der Waals surface area contributed by atoms with Gasteiger partial charge in [-0.3, -0.25) is 0 Å². The molecule has 0 aliphatic heterocycles. The van der Waals surface area contributed by atoms with E-state index in [9.17, 15) is 4.39 Å². The summed E-state index contributed by atoms with van der Waals surface area (Å²) < 4.78 is 12.6. The van der Waals surface area contributed by atoms with Crippen LogP contribution in [0.5, 0.6) is 0 Å². The van der Waals surface area contributed by atoms with Crippen molar-refractivity contribution in [3.8, 4) is 0 Å². The summed E-state index contributed by atoms with van der Waals surface area (Å²) in [5, 5.41) is 7.00. The SMILES string of the molecule is CCCCCCCCCc1ccc(F)cc1.CO. The first kappa shape index (κ1) is 17.1. The summed E-state index contributed by atoms with van der Waals surface area (Å²) in [5.41, 5.74) is 1.26. The monoisotopic (exact) mass is 254 g/mol. The topological polar surface area (TPSA) is 20.2 Å². The lowest BCUT2D eigenvalue weighted by molar-refractivity contribution is 0.399. The maximum absolute atomic E-state index is 12.6. The number of rotatable bonds is 8. The molecule has 0 aromatic heterocycles. The van der Waals surface area contributed by atoms with Gasteiger partial charge in [0.05, 0.1) is 0 Å². The van der Waals surface area contributed by atoms with Crippen LogP contribution in [0, 0.1) is 5.82 Å². The van der Waals surface area contributed by atoms with Gasteiger partial charge in [-0.05, 0) is 30.5 Å². The molecule has 1 aromatic carbocycles. The zero-order valence-electron chi connectivity index (χ0n) is 11.8. The molecule has 0 saturated carbocycles. The van der Waals surface area contributed by atoms with Gasteiger partial charge in [0.2, 0.25) is 0 Å². The van der Waals surface area contributed by atoms with E-state index in [1.165, 1.54) is 50.5 Å². The number of hydrogen-bond donors (Lipinski definition) is 1. The zero-order valence-corrected chi connectivity index (χ0v) is 11.8. The molecule has 0 bridgehead atoms. The second-order valence-corrected chi connectivity index (χ2v) is 4.50. The van der Waals surface area contributed by atoms with E-state index in [2.05, 4.69) is 6.92 Å². The standard InChI is InChI=1S/C15H23F.CH4O/c1-2-3-4-5-6-7-8-9-14-10-12-15(16)13-11-14;1-2/h10-13H,2-9H2,1H3;2H,1H3. The van der Waals surface area contributed by atoms with Crippen molar-refractivity contribution in [1.82, 2.24) is 0 Å². The quantitative estimate of drug-likeness (QED) is 0.665. The van der Waals surface area contributed by atoms with E-state index < -0.39 is 0 Å². The van der Waals surface area contributed by atoms with Gasteiger partial charge in [0.1, 0.15) is 5.82 Å². The fraction of sp³-hybridized carbons (Fsp3) is 0.625. The molecule has 0 fully saturated rings. The zero-order chi connectivity index (χ0) is 13.6. The smallest absolute Gasteiger partial charge is 0.123 e. The molecule has 0 unspecified atom stereocenters. The molecule has 1 aromatic rings. The van der Waals surface area contributed by atoms with E-state index in [1.54, 1.807) is 12.1 Å². The minimum Gasteiger partial charge on any atom is -0.400 e. The number of hydrogen-bond acceptors (Lipinski definition) is 1. The Morgan fingerprint density at radius 1 is 0.833 bits per heavy atom. The first-order chi connectivity index (χ1) is 8.83.